The average Bonchev–Trinajstić information content (AvgIpc) is 2.14. The fourth-order valence-corrected chi connectivity index (χ4v) is 1.64. The molecule has 15 heavy (non-hydrogen) atoms. The summed E-state index contributed by atoms with van der Waals surface area (Å²) in [6, 6.07) is 7.93. The number of halogens is 1. The minimum absolute atomic E-state index is 0.548. The molecule has 0 unspecified atom stereocenters. The number of aliphatic carboxylic acids is 1. The van der Waals surface area contributed by atoms with Gasteiger partial charge in [0.2, 0.25) is 0 Å². The molecule has 0 spiro atoms. The van der Waals surface area contributed by atoms with Crippen molar-refractivity contribution in [3.63, 3.8) is 0 Å². The summed E-state index contributed by atoms with van der Waals surface area (Å²) in [5.41, 5.74) is 1.79. The fraction of sp³-hybridized carbons (Fsp3) is 0.182. The number of hydrogen-bond donors (Lipinski definition) is 2. The zero-order chi connectivity index (χ0) is 11.3. The van der Waals surface area contributed by atoms with Gasteiger partial charge in [-0.25, -0.2) is 4.79 Å². The van der Waals surface area contributed by atoms with Crippen LogP contribution in [0.1, 0.15) is 6.92 Å². The third-order valence-corrected chi connectivity index (χ3v) is 2.44. The Morgan fingerprint density at radius 3 is 2.93 bits per heavy atom. The molecule has 0 saturated carbocycles. The lowest BCUT2D eigenvalue weighted by atomic mass is 10.2. The third-order valence-electron chi connectivity index (χ3n) is 1.77. The van der Waals surface area contributed by atoms with Gasteiger partial charge in [-0.05, 0) is 53.3 Å². The van der Waals surface area contributed by atoms with Crippen LogP contribution in [0.2, 0.25) is 0 Å². The van der Waals surface area contributed by atoms with E-state index in [1.807, 2.05) is 24.3 Å². The van der Waals surface area contributed by atoms with Gasteiger partial charge in [0.15, 0.2) is 0 Å². The summed E-state index contributed by atoms with van der Waals surface area (Å²) in [5.74, 6) is -0.906. The first-order valence-corrected chi connectivity index (χ1v) is 5.55. The molecular weight excluding hydrogens is 305 g/mol. The highest BCUT2D eigenvalue weighted by Crippen LogP contribution is 2.12. The number of anilines is 1. The maximum atomic E-state index is 10.4. The topological polar surface area (TPSA) is 49.3 Å². The van der Waals surface area contributed by atoms with E-state index in [1.165, 1.54) is 6.08 Å². The van der Waals surface area contributed by atoms with Crippen LogP contribution in [-0.4, -0.2) is 17.6 Å². The van der Waals surface area contributed by atoms with Crippen molar-refractivity contribution in [2.24, 2.45) is 0 Å². The highest BCUT2D eigenvalue weighted by molar-refractivity contribution is 14.1. The van der Waals surface area contributed by atoms with E-state index < -0.39 is 5.97 Å². The van der Waals surface area contributed by atoms with Crippen LogP contribution in [0.5, 0.6) is 0 Å². The van der Waals surface area contributed by atoms with Gasteiger partial charge < -0.3 is 10.4 Å². The van der Waals surface area contributed by atoms with Crippen molar-refractivity contribution >= 4 is 34.2 Å². The largest absolute Gasteiger partial charge is 0.478 e. The molecule has 0 aromatic heterocycles. The third kappa shape index (κ3) is 4.83. The molecular formula is C11H12INO2. The smallest absolute Gasteiger partial charge is 0.328 e. The van der Waals surface area contributed by atoms with Crippen LogP contribution < -0.4 is 5.32 Å². The van der Waals surface area contributed by atoms with Crippen molar-refractivity contribution in [2.45, 2.75) is 6.92 Å². The van der Waals surface area contributed by atoms with E-state index in [2.05, 4.69) is 27.9 Å². The van der Waals surface area contributed by atoms with E-state index in [0.717, 1.165) is 14.8 Å². The standard InChI is InChI=1S/C11H12INO2/c1-8(5-11(14)15)7-13-10-4-2-3-9(12)6-10/h2-6,13H,7H2,1H3,(H,14,15)/b8-5-. The molecule has 4 heteroatoms. The number of rotatable bonds is 4. The minimum Gasteiger partial charge on any atom is -0.478 e. The lowest BCUT2D eigenvalue weighted by Crippen LogP contribution is -2.04. The second-order valence-electron chi connectivity index (χ2n) is 3.19. The molecule has 0 aliphatic rings. The van der Waals surface area contributed by atoms with Gasteiger partial charge in [-0.1, -0.05) is 6.07 Å². The second kappa shape index (κ2) is 5.75. The molecule has 0 heterocycles. The summed E-state index contributed by atoms with van der Waals surface area (Å²) in [5, 5.41) is 11.7. The Balaban J connectivity index is 2.54. The number of nitrogens with one attached hydrogen (secondary N) is 1. The number of hydrogen-bond acceptors (Lipinski definition) is 2. The van der Waals surface area contributed by atoms with Gasteiger partial charge in [0.05, 0.1) is 0 Å². The number of carboxylic acids is 1. The minimum atomic E-state index is -0.906. The molecule has 1 aromatic rings. The van der Waals surface area contributed by atoms with Crippen molar-refractivity contribution in [1.29, 1.82) is 0 Å². The quantitative estimate of drug-likeness (QED) is 0.663. The monoisotopic (exact) mass is 317 g/mol. The van der Waals surface area contributed by atoms with Crippen LogP contribution in [0.3, 0.4) is 0 Å². The first kappa shape index (κ1) is 12.0. The van der Waals surface area contributed by atoms with Gasteiger partial charge in [0.1, 0.15) is 0 Å². The fourth-order valence-electron chi connectivity index (χ4n) is 1.10. The van der Waals surface area contributed by atoms with Crippen LogP contribution in [0.25, 0.3) is 0 Å². The number of carbonyl (C=O) groups is 1. The Hall–Kier alpha value is -1.04. The van der Waals surface area contributed by atoms with Crippen LogP contribution in [0.4, 0.5) is 5.69 Å². The maximum absolute atomic E-state index is 10.4. The Morgan fingerprint density at radius 1 is 1.60 bits per heavy atom. The van der Waals surface area contributed by atoms with E-state index in [9.17, 15) is 4.79 Å². The Kier molecular flexibility index (Phi) is 4.61. The Labute approximate surface area is 102 Å². The van der Waals surface area contributed by atoms with Crippen molar-refractivity contribution in [3.8, 4) is 0 Å². The van der Waals surface area contributed by atoms with E-state index in [0.29, 0.717) is 6.54 Å². The lowest BCUT2D eigenvalue weighted by molar-refractivity contribution is -0.131. The number of carboxylic acid groups (broad SMARTS) is 1. The maximum Gasteiger partial charge on any atom is 0.328 e. The Bertz CT molecular complexity index is 388. The van der Waals surface area contributed by atoms with Gasteiger partial charge in [0, 0.05) is 21.9 Å². The molecule has 0 saturated heterocycles. The molecule has 0 aliphatic carbocycles. The molecule has 0 bridgehead atoms. The predicted molar refractivity (Wildman–Crippen MR) is 69.0 cm³/mol. The summed E-state index contributed by atoms with van der Waals surface area (Å²) in [7, 11) is 0. The van der Waals surface area contributed by atoms with E-state index >= 15 is 0 Å². The SMILES string of the molecule is C/C(=C/C(=O)O)CNc1cccc(I)c1. The van der Waals surface area contributed by atoms with Crippen LogP contribution in [-0.2, 0) is 4.79 Å². The van der Waals surface area contributed by atoms with Crippen molar-refractivity contribution in [3.05, 3.63) is 39.5 Å². The zero-order valence-corrected chi connectivity index (χ0v) is 10.5. The molecule has 0 atom stereocenters. The molecule has 0 aliphatic heterocycles. The molecule has 1 aromatic carbocycles. The van der Waals surface area contributed by atoms with Gasteiger partial charge in [-0.2, -0.15) is 0 Å². The molecule has 0 fully saturated rings. The molecule has 0 amide bonds. The summed E-state index contributed by atoms with van der Waals surface area (Å²) in [6.45, 7) is 2.33. The first-order valence-electron chi connectivity index (χ1n) is 4.47. The van der Waals surface area contributed by atoms with E-state index in [4.69, 9.17) is 5.11 Å². The molecule has 2 N–H and O–H groups in total. The van der Waals surface area contributed by atoms with Gasteiger partial charge in [-0.3, -0.25) is 0 Å². The van der Waals surface area contributed by atoms with Gasteiger partial charge in [-0.15, -0.1) is 0 Å². The van der Waals surface area contributed by atoms with E-state index in [1.54, 1.807) is 6.92 Å². The van der Waals surface area contributed by atoms with Crippen molar-refractivity contribution in [1.82, 2.24) is 0 Å². The van der Waals surface area contributed by atoms with E-state index in [-0.39, 0.29) is 0 Å². The lowest BCUT2D eigenvalue weighted by Gasteiger charge is -2.06. The normalized spacial score (nSPS) is 11.2. The molecule has 3 nitrogen and oxygen atoms in total. The summed E-state index contributed by atoms with van der Waals surface area (Å²) >= 11 is 2.23. The van der Waals surface area contributed by atoms with Crippen molar-refractivity contribution in [2.75, 3.05) is 11.9 Å². The predicted octanol–water partition coefficient (Wildman–Crippen LogP) is 2.73. The summed E-state index contributed by atoms with van der Waals surface area (Å²) < 4.78 is 1.15. The first-order chi connectivity index (χ1) is 7.08. The van der Waals surface area contributed by atoms with Crippen LogP contribution in [0.15, 0.2) is 35.9 Å². The van der Waals surface area contributed by atoms with Crippen LogP contribution in [0, 0.1) is 3.57 Å². The average molecular weight is 317 g/mol. The Morgan fingerprint density at radius 2 is 2.33 bits per heavy atom. The molecule has 0 radical (unpaired) electrons. The zero-order valence-electron chi connectivity index (χ0n) is 8.33. The number of benzene rings is 1. The second-order valence-corrected chi connectivity index (χ2v) is 4.44. The van der Waals surface area contributed by atoms with Gasteiger partial charge in [0.25, 0.3) is 0 Å². The van der Waals surface area contributed by atoms with Crippen LogP contribution >= 0.6 is 22.6 Å². The summed E-state index contributed by atoms with van der Waals surface area (Å²) in [4.78, 5) is 10.4. The van der Waals surface area contributed by atoms with Gasteiger partial charge >= 0.3 is 5.97 Å². The molecule has 1 rings (SSSR count). The summed E-state index contributed by atoms with van der Waals surface area (Å²) in [6.07, 6.45) is 1.21. The van der Waals surface area contributed by atoms with Crippen molar-refractivity contribution < 1.29 is 9.90 Å². The highest BCUT2D eigenvalue weighted by Gasteiger charge is 1.95. The molecule has 80 valence electrons. The highest BCUT2D eigenvalue weighted by atomic mass is 127.